The van der Waals surface area contributed by atoms with E-state index in [1.807, 2.05) is 26.0 Å². The fraction of sp³-hybridized carbons (Fsp3) is 0.615. The molecule has 0 aliphatic rings. The summed E-state index contributed by atoms with van der Waals surface area (Å²) in [6.45, 7) is 11.1. The quantitative estimate of drug-likeness (QED) is 0.103. The van der Waals surface area contributed by atoms with Crippen molar-refractivity contribution in [2.24, 2.45) is 0 Å². The summed E-state index contributed by atoms with van der Waals surface area (Å²) in [5, 5.41) is 0. The zero-order chi connectivity index (χ0) is 22.9. The van der Waals surface area contributed by atoms with Gasteiger partial charge >= 0.3 is 11.9 Å². The fourth-order valence-corrected chi connectivity index (χ4v) is 2.99. The average molecular weight is 432 g/mol. The summed E-state index contributed by atoms with van der Waals surface area (Å²) in [7, 11) is 0. The number of carbonyl (C=O) groups is 2. The van der Waals surface area contributed by atoms with Crippen LogP contribution < -0.4 is 4.90 Å². The molecule has 0 aliphatic carbocycles. The van der Waals surface area contributed by atoms with E-state index in [2.05, 4.69) is 30.9 Å². The van der Waals surface area contributed by atoms with Crippen LogP contribution >= 0.6 is 0 Å². The Morgan fingerprint density at radius 3 is 1.61 bits per heavy atom. The summed E-state index contributed by atoms with van der Waals surface area (Å²) in [5.41, 5.74) is 1.90. The van der Waals surface area contributed by atoms with Crippen molar-refractivity contribution >= 4 is 23.7 Å². The molecule has 0 fully saturated rings. The monoisotopic (exact) mass is 431 g/mol. The molecule has 1 rings (SSSR count). The number of benzene rings is 1. The molecule has 0 bridgehead atoms. The van der Waals surface area contributed by atoms with Crippen molar-refractivity contribution in [2.45, 2.75) is 79.1 Å². The molecule has 31 heavy (non-hydrogen) atoms. The first-order valence-electron chi connectivity index (χ1n) is 12.0. The van der Waals surface area contributed by atoms with Crippen LogP contribution in [-0.2, 0) is 19.1 Å². The molecule has 5 heteroatoms. The van der Waals surface area contributed by atoms with Gasteiger partial charge in [0.1, 0.15) is 5.57 Å². The van der Waals surface area contributed by atoms with E-state index in [1.54, 1.807) is 6.08 Å². The highest BCUT2D eigenvalue weighted by Gasteiger charge is 2.21. The van der Waals surface area contributed by atoms with Crippen molar-refractivity contribution in [3.05, 3.63) is 35.4 Å². The van der Waals surface area contributed by atoms with Gasteiger partial charge in [0.2, 0.25) is 0 Å². The van der Waals surface area contributed by atoms with Gasteiger partial charge in [-0.3, -0.25) is 0 Å². The smallest absolute Gasteiger partial charge is 0.345 e. The maximum atomic E-state index is 12.5. The van der Waals surface area contributed by atoms with Crippen LogP contribution in [0, 0.1) is 0 Å². The van der Waals surface area contributed by atoms with Gasteiger partial charge in [0.05, 0.1) is 13.2 Å². The average Bonchev–Trinajstić information content (AvgIpc) is 2.78. The molecule has 0 amide bonds. The van der Waals surface area contributed by atoms with Crippen molar-refractivity contribution in [3.63, 3.8) is 0 Å². The first-order valence-corrected chi connectivity index (χ1v) is 12.0. The van der Waals surface area contributed by atoms with E-state index in [0.717, 1.165) is 75.7 Å². The molecular weight excluding hydrogens is 390 g/mol. The van der Waals surface area contributed by atoms with E-state index in [4.69, 9.17) is 9.47 Å². The normalized spacial score (nSPS) is 10.5. The molecule has 1 aromatic rings. The molecule has 5 nitrogen and oxygen atoms in total. The van der Waals surface area contributed by atoms with Crippen molar-refractivity contribution < 1.29 is 19.1 Å². The van der Waals surface area contributed by atoms with Gasteiger partial charge in [-0.15, -0.1) is 0 Å². The lowest BCUT2D eigenvalue weighted by atomic mass is 10.1. The number of ether oxygens (including phenoxy) is 2. The Morgan fingerprint density at radius 2 is 1.19 bits per heavy atom. The maximum Gasteiger partial charge on any atom is 0.345 e. The number of nitrogens with zero attached hydrogens (tertiary/aromatic N) is 1. The number of hydrogen-bond donors (Lipinski definition) is 0. The van der Waals surface area contributed by atoms with E-state index >= 15 is 0 Å². The Balaban J connectivity index is 3.00. The fourth-order valence-electron chi connectivity index (χ4n) is 2.99. The lowest BCUT2D eigenvalue weighted by Crippen LogP contribution is -2.25. The minimum Gasteiger partial charge on any atom is -0.462 e. The SMILES string of the molecule is CCCCOC(=O)C(=Cc1ccc(N(CCCC)CCCC)cc1)C(=O)OCCCC. The second kappa shape index (κ2) is 16.4. The number of esters is 2. The van der Waals surface area contributed by atoms with E-state index < -0.39 is 11.9 Å². The summed E-state index contributed by atoms with van der Waals surface area (Å²) in [4.78, 5) is 27.4. The molecule has 0 N–H and O–H groups in total. The molecule has 0 atom stereocenters. The zero-order valence-electron chi connectivity index (χ0n) is 20.0. The van der Waals surface area contributed by atoms with Crippen molar-refractivity contribution in [3.8, 4) is 0 Å². The molecule has 0 saturated carbocycles. The molecule has 0 radical (unpaired) electrons. The van der Waals surface area contributed by atoms with Gasteiger partial charge in [-0.1, -0.05) is 65.5 Å². The predicted molar refractivity (Wildman–Crippen MR) is 128 cm³/mol. The molecule has 0 aliphatic heterocycles. The molecule has 0 saturated heterocycles. The number of hydrogen-bond acceptors (Lipinski definition) is 5. The third-order valence-corrected chi connectivity index (χ3v) is 5.03. The summed E-state index contributed by atoms with van der Waals surface area (Å²) >= 11 is 0. The third kappa shape index (κ3) is 10.5. The Morgan fingerprint density at radius 1 is 0.742 bits per heavy atom. The van der Waals surface area contributed by atoms with Crippen LogP contribution in [0.2, 0.25) is 0 Å². The number of anilines is 1. The predicted octanol–water partition coefficient (Wildman–Crippen LogP) is 6.16. The molecule has 0 aromatic heterocycles. The van der Waals surface area contributed by atoms with E-state index in [-0.39, 0.29) is 5.57 Å². The van der Waals surface area contributed by atoms with Crippen LogP contribution in [0.5, 0.6) is 0 Å². The van der Waals surface area contributed by atoms with Crippen LogP contribution in [0.25, 0.3) is 6.08 Å². The Hall–Kier alpha value is -2.30. The Bertz CT molecular complexity index is 634. The number of unbranched alkanes of at least 4 members (excludes halogenated alkanes) is 4. The highest BCUT2D eigenvalue weighted by molar-refractivity contribution is 6.17. The molecule has 0 spiro atoms. The van der Waals surface area contributed by atoms with Gasteiger partial charge in [-0.25, -0.2) is 9.59 Å². The summed E-state index contributed by atoms with van der Waals surface area (Å²) < 4.78 is 10.6. The van der Waals surface area contributed by atoms with Gasteiger partial charge < -0.3 is 14.4 Å². The van der Waals surface area contributed by atoms with Crippen molar-refractivity contribution in [1.82, 2.24) is 0 Å². The van der Waals surface area contributed by atoms with Crippen LogP contribution in [0.4, 0.5) is 5.69 Å². The standard InChI is InChI=1S/C26H41NO4/c1-5-9-17-27(18-10-6-2)23-15-13-22(14-16-23)21-24(25(28)30-19-11-7-3)26(29)31-20-12-8-4/h13-16,21H,5-12,17-20H2,1-4H3. The molecule has 0 unspecified atom stereocenters. The van der Waals surface area contributed by atoms with Gasteiger partial charge in [0.25, 0.3) is 0 Å². The largest absolute Gasteiger partial charge is 0.462 e. The molecular formula is C26H41NO4. The highest BCUT2D eigenvalue weighted by Crippen LogP contribution is 2.19. The molecule has 0 heterocycles. The third-order valence-electron chi connectivity index (χ3n) is 5.03. The topological polar surface area (TPSA) is 55.8 Å². The molecule has 1 aromatic carbocycles. The van der Waals surface area contributed by atoms with Crippen LogP contribution in [0.15, 0.2) is 29.8 Å². The van der Waals surface area contributed by atoms with Crippen molar-refractivity contribution in [2.75, 3.05) is 31.2 Å². The van der Waals surface area contributed by atoms with Crippen LogP contribution in [0.3, 0.4) is 0 Å². The second-order valence-corrected chi connectivity index (χ2v) is 7.82. The Kier molecular flexibility index (Phi) is 14.1. The van der Waals surface area contributed by atoms with Gasteiger partial charge in [0.15, 0.2) is 0 Å². The zero-order valence-corrected chi connectivity index (χ0v) is 20.0. The van der Waals surface area contributed by atoms with Crippen LogP contribution in [-0.4, -0.2) is 38.2 Å². The molecule has 174 valence electrons. The van der Waals surface area contributed by atoms with E-state index in [1.165, 1.54) is 0 Å². The van der Waals surface area contributed by atoms with Gasteiger partial charge in [-0.2, -0.15) is 0 Å². The highest BCUT2D eigenvalue weighted by atomic mass is 16.6. The minimum atomic E-state index is -0.619. The maximum absolute atomic E-state index is 12.5. The van der Waals surface area contributed by atoms with E-state index in [0.29, 0.717) is 13.2 Å². The van der Waals surface area contributed by atoms with Crippen LogP contribution in [0.1, 0.15) is 84.6 Å². The number of carbonyl (C=O) groups excluding carboxylic acids is 2. The lowest BCUT2D eigenvalue weighted by Gasteiger charge is -2.24. The summed E-state index contributed by atoms with van der Waals surface area (Å²) in [6, 6.07) is 8.00. The van der Waals surface area contributed by atoms with Gasteiger partial charge in [-0.05, 0) is 49.5 Å². The minimum absolute atomic E-state index is 0.0474. The second-order valence-electron chi connectivity index (χ2n) is 7.82. The lowest BCUT2D eigenvalue weighted by molar-refractivity contribution is -0.147. The van der Waals surface area contributed by atoms with E-state index in [9.17, 15) is 9.59 Å². The number of rotatable bonds is 16. The summed E-state index contributed by atoms with van der Waals surface area (Å²) in [6.07, 6.45) is 9.58. The first kappa shape index (κ1) is 26.7. The summed E-state index contributed by atoms with van der Waals surface area (Å²) in [5.74, 6) is -1.24. The van der Waals surface area contributed by atoms with Gasteiger partial charge in [0, 0.05) is 18.8 Å². The van der Waals surface area contributed by atoms with Crippen molar-refractivity contribution in [1.29, 1.82) is 0 Å². The Labute approximate surface area is 188 Å². The first-order chi connectivity index (χ1) is 15.1.